The van der Waals surface area contributed by atoms with Crippen molar-refractivity contribution in [1.29, 1.82) is 0 Å². The van der Waals surface area contributed by atoms with Gasteiger partial charge in [-0.2, -0.15) is 0 Å². The van der Waals surface area contributed by atoms with Gasteiger partial charge in [0, 0.05) is 12.1 Å². The van der Waals surface area contributed by atoms with Gasteiger partial charge < -0.3 is 5.32 Å². The predicted molar refractivity (Wildman–Crippen MR) is 87.0 cm³/mol. The molecule has 0 radical (unpaired) electrons. The number of hydrogen-bond acceptors (Lipinski definition) is 4. The summed E-state index contributed by atoms with van der Waals surface area (Å²) in [7, 11) is 0. The van der Waals surface area contributed by atoms with Gasteiger partial charge in [0.15, 0.2) is 0 Å². The minimum absolute atomic E-state index is 0.0291. The standard InChI is InChI=1S/C16H13F2N3O2S/c17-11-2-1-3-12(18)10(11)4-6-19-14(22)8-21-9-20-13-5-7-24-15(13)16(21)23/h1-3,5,7,9H,4,6,8H2,(H,19,22). The molecule has 2 heterocycles. The van der Waals surface area contributed by atoms with Crippen LogP contribution < -0.4 is 10.9 Å². The van der Waals surface area contributed by atoms with Crippen molar-refractivity contribution in [2.45, 2.75) is 13.0 Å². The largest absolute Gasteiger partial charge is 0.354 e. The first-order chi connectivity index (χ1) is 11.6. The van der Waals surface area contributed by atoms with Gasteiger partial charge in [-0.3, -0.25) is 14.2 Å². The lowest BCUT2D eigenvalue weighted by atomic mass is 10.1. The molecule has 1 amide bonds. The summed E-state index contributed by atoms with van der Waals surface area (Å²) in [5.74, 6) is -1.72. The summed E-state index contributed by atoms with van der Waals surface area (Å²) in [6.07, 6.45) is 1.34. The Kier molecular flexibility index (Phi) is 4.66. The minimum atomic E-state index is -0.646. The number of hydrogen-bond donors (Lipinski definition) is 1. The van der Waals surface area contributed by atoms with Gasteiger partial charge in [-0.1, -0.05) is 6.07 Å². The maximum absolute atomic E-state index is 13.5. The number of amides is 1. The topological polar surface area (TPSA) is 64.0 Å². The zero-order valence-electron chi connectivity index (χ0n) is 12.5. The molecule has 0 atom stereocenters. The average molecular weight is 349 g/mol. The van der Waals surface area contributed by atoms with E-state index in [1.807, 2.05) is 0 Å². The molecule has 8 heteroatoms. The molecule has 3 aromatic rings. The number of rotatable bonds is 5. The van der Waals surface area contributed by atoms with Gasteiger partial charge >= 0.3 is 0 Å². The maximum Gasteiger partial charge on any atom is 0.271 e. The fourth-order valence-corrected chi connectivity index (χ4v) is 3.09. The molecule has 0 saturated heterocycles. The van der Waals surface area contributed by atoms with E-state index in [4.69, 9.17) is 0 Å². The number of aromatic nitrogens is 2. The number of nitrogens with one attached hydrogen (secondary N) is 1. The van der Waals surface area contributed by atoms with E-state index in [-0.39, 0.29) is 30.6 Å². The lowest BCUT2D eigenvalue weighted by Crippen LogP contribution is -2.33. The molecule has 0 aliphatic carbocycles. The number of halogens is 2. The van der Waals surface area contributed by atoms with E-state index < -0.39 is 17.5 Å². The highest BCUT2D eigenvalue weighted by Gasteiger charge is 2.11. The van der Waals surface area contributed by atoms with Gasteiger partial charge in [-0.25, -0.2) is 13.8 Å². The Hall–Kier alpha value is -2.61. The molecular formula is C16H13F2N3O2S. The summed E-state index contributed by atoms with van der Waals surface area (Å²) in [4.78, 5) is 28.2. The number of fused-ring (bicyclic) bond motifs is 1. The molecule has 0 saturated carbocycles. The normalized spacial score (nSPS) is 10.9. The molecule has 124 valence electrons. The highest BCUT2D eigenvalue weighted by molar-refractivity contribution is 7.17. The monoisotopic (exact) mass is 349 g/mol. The van der Waals surface area contributed by atoms with Gasteiger partial charge in [0.1, 0.15) is 22.9 Å². The quantitative estimate of drug-likeness (QED) is 0.767. The summed E-state index contributed by atoms with van der Waals surface area (Å²) < 4.78 is 28.7. The van der Waals surface area contributed by atoms with Crippen molar-refractivity contribution in [1.82, 2.24) is 14.9 Å². The van der Waals surface area contributed by atoms with E-state index in [9.17, 15) is 18.4 Å². The first-order valence-electron chi connectivity index (χ1n) is 7.18. The predicted octanol–water partition coefficient (Wildman–Crippen LogP) is 2.10. The lowest BCUT2D eigenvalue weighted by Gasteiger charge is -2.08. The van der Waals surface area contributed by atoms with Crippen LogP contribution >= 0.6 is 11.3 Å². The molecular weight excluding hydrogens is 336 g/mol. The van der Waals surface area contributed by atoms with Crippen molar-refractivity contribution in [2.75, 3.05) is 6.54 Å². The molecule has 24 heavy (non-hydrogen) atoms. The molecule has 0 spiro atoms. The molecule has 5 nitrogen and oxygen atoms in total. The van der Waals surface area contributed by atoms with E-state index in [1.165, 1.54) is 40.4 Å². The fourth-order valence-electron chi connectivity index (χ4n) is 2.30. The average Bonchev–Trinajstić information content (AvgIpc) is 3.02. The second-order valence-electron chi connectivity index (χ2n) is 5.11. The summed E-state index contributed by atoms with van der Waals surface area (Å²) in [5, 5.41) is 4.30. The molecule has 1 N–H and O–H groups in total. The lowest BCUT2D eigenvalue weighted by molar-refractivity contribution is -0.121. The van der Waals surface area contributed by atoms with Crippen molar-refractivity contribution >= 4 is 27.5 Å². The van der Waals surface area contributed by atoms with Crippen LogP contribution in [-0.4, -0.2) is 22.0 Å². The van der Waals surface area contributed by atoms with Crippen molar-refractivity contribution in [2.24, 2.45) is 0 Å². The third-order valence-corrected chi connectivity index (χ3v) is 4.40. The van der Waals surface area contributed by atoms with Crippen LogP contribution in [0.2, 0.25) is 0 Å². The number of carbonyl (C=O) groups excluding carboxylic acids is 1. The number of benzene rings is 1. The van der Waals surface area contributed by atoms with Crippen molar-refractivity contribution in [3.05, 3.63) is 63.5 Å². The van der Waals surface area contributed by atoms with Crippen LogP contribution in [-0.2, 0) is 17.8 Å². The van der Waals surface area contributed by atoms with E-state index >= 15 is 0 Å². The van der Waals surface area contributed by atoms with Crippen LogP contribution in [0.25, 0.3) is 10.2 Å². The van der Waals surface area contributed by atoms with Crippen molar-refractivity contribution in [3.8, 4) is 0 Å². The third-order valence-electron chi connectivity index (χ3n) is 3.51. The molecule has 2 aromatic heterocycles. The Labute approximate surface area is 139 Å². The van der Waals surface area contributed by atoms with Crippen LogP contribution in [0.1, 0.15) is 5.56 Å². The Morgan fingerprint density at radius 2 is 2.00 bits per heavy atom. The second-order valence-corrected chi connectivity index (χ2v) is 6.03. The molecule has 1 aromatic carbocycles. The van der Waals surface area contributed by atoms with Crippen LogP contribution in [0.5, 0.6) is 0 Å². The summed E-state index contributed by atoms with van der Waals surface area (Å²) in [5.41, 5.74) is 0.235. The minimum Gasteiger partial charge on any atom is -0.354 e. The smallest absolute Gasteiger partial charge is 0.271 e. The van der Waals surface area contributed by atoms with Crippen LogP contribution in [0.15, 0.2) is 40.8 Å². The van der Waals surface area contributed by atoms with Crippen LogP contribution in [0, 0.1) is 11.6 Å². The van der Waals surface area contributed by atoms with Crippen LogP contribution in [0.4, 0.5) is 8.78 Å². The summed E-state index contributed by atoms with van der Waals surface area (Å²) in [6.45, 7) is -0.125. The van der Waals surface area contributed by atoms with Gasteiger partial charge in [-0.05, 0) is 30.0 Å². The molecule has 0 aliphatic rings. The highest BCUT2D eigenvalue weighted by Crippen LogP contribution is 2.13. The molecule has 3 rings (SSSR count). The van der Waals surface area contributed by atoms with Gasteiger partial charge in [0.05, 0.1) is 11.8 Å². The van der Waals surface area contributed by atoms with Gasteiger partial charge in [-0.15, -0.1) is 11.3 Å². The van der Waals surface area contributed by atoms with Crippen LogP contribution in [0.3, 0.4) is 0 Å². The number of thiophene rings is 1. The number of nitrogens with zero attached hydrogens (tertiary/aromatic N) is 2. The van der Waals surface area contributed by atoms with E-state index in [0.717, 1.165) is 0 Å². The van der Waals surface area contributed by atoms with E-state index in [0.29, 0.717) is 10.2 Å². The number of carbonyl (C=O) groups is 1. The van der Waals surface area contributed by atoms with Gasteiger partial charge in [0.25, 0.3) is 5.56 Å². The van der Waals surface area contributed by atoms with E-state index in [2.05, 4.69) is 10.3 Å². The zero-order chi connectivity index (χ0) is 17.1. The second kappa shape index (κ2) is 6.88. The molecule has 0 unspecified atom stereocenters. The third kappa shape index (κ3) is 3.33. The Morgan fingerprint density at radius 1 is 1.25 bits per heavy atom. The maximum atomic E-state index is 13.5. The van der Waals surface area contributed by atoms with E-state index in [1.54, 1.807) is 11.4 Å². The fraction of sp³-hybridized carbons (Fsp3) is 0.188. The summed E-state index contributed by atoms with van der Waals surface area (Å²) >= 11 is 1.26. The SMILES string of the molecule is O=C(Cn1cnc2ccsc2c1=O)NCCc1c(F)cccc1F. The summed E-state index contributed by atoms with van der Waals surface area (Å²) in [6, 6.07) is 5.35. The van der Waals surface area contributed by atoms with Crippen molar-refractivity contribution < 1.29 is 13.6 Å². The Morgan fingerprint density at radius 3 is 2.75 bits per heavy atom. The zero-order valence-corrected chi connectivity index (χ0v) is 13.3. The Bertz CT molecular complexity index is 932. The molecule has 0 aliphatic heterocycles. The molecule has 0 bridgehead atoms. The first-order valence-corrected chi connectivity index (χ1v) is 8.06. The first kappa shape index (κ1) is 16.3. The Balaban J connectivity index is 1.61. The highest BCUT2D eigenvalue weighted by atomic mass is 32.1. The molecule has 0 fully saturated rings. The van der Waals surface area contributed by atoms with Crippen molar-refractivity contribution in [3.63, 3.8) is 0 Å². The van der Waals surface area contributed by atoms with Gasteiger partial charge in [0.2, 0.25) is 5.91 Å².